The lowest BCUT2D eigenvalue weighted by Gasteiger charge is -2.28. The van der Waals surface area contributed by atoms with Crippen molar-refractivity contribution in [2.45, 2.75) is 96.8 Å². The highest BCUT2D eigenvalue weighted by Crippen LogP contribution is 2.25. The van der Waals surface area contributed by atoms with E-state index < -0.39 is 0 Å². The Labute approximate surface area is 131 Å². The van der Waals surface area contributed by atoms with Crippen LogP contribution in [0.3, 0.4) is 0 Å². The molecule has 1 saturated carbocycles. The van der Waals surface area contributed by atoms with Crippen LogP contribution in [0, 0.1) is 5.92 Å². The first-order chi connectivity index (χ1) is 10.1. The van der Waals surface area contributed by atoms with Crippen molar-refractivity contribution in [3.05, 3.63) is 0 Å². The van der Waals surface area contributed by atoms with Crippen molar-refractivity contribution < 1.29 is 9.84 Å². The predicted molar refractivity (Wildman–Crippen MR) is 89.6 cm³/mol. The van der Waals surface area contributed by atoms with Crippen LogP contribution in [0.5, 0.6) is 0 Å². The molecule has 3 heteroatoms. The van der Waals surface area contributed by atoms with Crippen molar-refractivity contribution in [1.29, 1.82) is 0 Å². The van der Waals surface area contributed by atoms with Gasteiger partial charge in [-0.15, -0.1) is 0 Å². The molecule has 1 aliphatic carbocycles. The molecule has 0 spiro atoms. The van der Waals surface area contributed by atoms with E-state index >= 15 is 0 Å². The SMILES string of the molecule is CCCCCCC(C)NCC(O)COC1CCCC(C)C1. The monoisotopic (exact) mass is 299 g/mol. The van der Waals surface area contributed by atoms with Gasteiger partial charge < -0.3 is 15.2 Å². The summed E-state index contributed by atoms with van der Waals surface area (Å²) in [6, 6.07) is 0.492. The lowest BCUT2D eigenvalue weighted by atomic mass is 9.89. The summed E-state index contributed by atoms with van der Waals surface area (Å²) < 4.78 is 5.87. The molecule has 0 saturated heterocycles. The minimum Gasteiger partial charge on any atom is -0.389 e. The third-order valence-corrected chi connectivity index (χ3v) is 4.61. The molecule has 1 aliphatic rings. The van der Waals surface area contributed by atoms with Gasteiger partial charge in [-0.2, -0.15) is 0 Å². The van der Waals surface area contributed by atoms with E-state index in [0.717, 1.165) is 18.8 Å². The van der Waals surface area contributed by atoms with Crippen molar-refractivity contribution in [2.75, 3.05) is 13.2 Å². The van der Waals surface area contributed by atoms with Crippen LogP contribution < -0.4 is 5.32 Å². The van der Waals surface area contributed by atoms with Crippen LogP contribution in [0.25, 0.3) is 0 Å². The molecule has 21 heavy (non-hydrogen) atoms. The quantitative estimate of drug-likeness (QED) is 0.569. The van der Waals surface area contributed by atoms with Gasteiger partial charge in [-0.1, -0.05) is 52.4 Å². The molecule has 4 atom stereocenters. The van der Waals surface area contributed by atoms with Crippen LogP contribution in [0.15, 0.2) is 0 Å². The number of ether oxygens (including phenoxy) is 1. The maximum atomic E-state index is 10.0. The summed E-state index contributed by atoms with van der Waals surface area (Å²) in [7, 11) is 0. The van der Waals surface area contributed by atoms with Gasteiger partial charge in [0.05, 0.1) is 18.8 Å². The Morgan fingerprint density at radius 3 is 2.76 bits per heavy atom. The van der Waals surface area contributed by atoms with Gasteiger partial charge >= 0.3 is 0 Å². The van der Waals surface area contributed by atoms with Gasteiger partial charge in [0.2, 0.25) is 0 Å². The van der Waals surface area contributed by atoms with Gasteiger partial charge in [-0.3, -0.25) is 0 Å². The van der Waals surface area contributed by atoms with E-state index in [1.807, 2.05) is 0 Å². The van der Waals surface area contributed by atoms with Gasteiger partial charge in [-0.05, 0) is 32.1 Å². The Hall–Kier alpha value is -0.120. The summed E-state index contributed by atoms with van der Waals surface area (Å²) >= 11 is 0. The molecular weight excluding hydrogens is 262 g/mol. The lowest BCUT2D eigenvalue weighted by molar-refractivity contribution is -0.0311. The van der Waals surface area contributed by atoms with Crippen LogP contribution in [0.4, 0.5) is 0 Å². The normalized spacial score (nSPS) is 25.7. The molecule has 1 fully saturated rings. The molecule has 0 aromatic carbocycles. The molecule has 0 aromatic heterocycles. The van der Waals surface area contributed by atoms with Crippen LogP contribution in [0.2, 0.25) is 0 Å². The maximum Gasteiger partial charge on any atom is 0.0897 e. The van der Waals surface area contributed by atoms with Crippen molar-refractivity contribution >= 4 is 0 Å². The van der Waals surface area contributed by atoms with Gasteiger partial charge in [0, 0.05) is 12.6 Å². The van der Waals surface area contributed by atoms with E-state index in [1.54, 1.807) is 0 Å². The molecule has 4 unspecified atom stereocenters. The highest BCUT2D eigenvalue weighted by Gasteiger charge is 2.20. The summed E-state index contributed by atoms with van der Waals surface area (Å²) in [6.45, 7) is 7.88. The first-order valence-electron chi connectivity index (χ1n) is 9.14. The average molecular weight is 299 g/mol. The molecule has 2 N–H and O–H groups in total. The molecule has 1 rings (SSSR count). The molecule has 126 valence electrons. The second-order valence-corrected chi connectivity index (χ2v) is 7.04. The first-order valence-corrected chi connectivity index (χ1v) is 9.14. The summed E-state index contributed by atoms with van der Waals surface area (Å²) in [5, 5.41) is 13.4. The number of nitrogens with one attached hydrogen (secondary N) is 1. The Morgan fingerprint density at radius 2 is 2.05 bits per heavy atom. The van der Waals surface area contributed by atoms with Crippen molar-refractivity contribution in [3.63, 3.8) is 0 Å². The van der Waals surface area contributed by atoms with Crippen LogP contribution >= 0.6 is 0 Å². The smallest absolute Gasteiger partial charge is 0.0897 e. The summed E-state index contributed by atoms with van der Waals surface area (Å²) in [5.41, 5.74) is 0. The zero-order valence-corrected chi connectivity index (χ0v) is 14.4. The van der Waals surface area contributed by atoms with E-state index in [0.29, 0.717) is 25.3 Å². The third-order valence-electron chi connectivity index (χ3n) is 4.61. The lowest BCUT2D eigenvalue weighted by Crippen LogP contribution is -2.37. The number of unbranched alkanes of at least 4 members (excludes halogenated alkanes) is 3. The van der Waals surface area contributed by atoms with Gasteiger partial charge in [0.25, 0.3) is 0 Å². The van der Waals surface area contributed by atoms with Gasteiger partial charge in [0.1, 0.15) is 0 Å². The number of hydrogen-bond donors (Lipinski definition) is 2. The average Bonchev–Trinajstić information content (AvgIpc) is 2.47. The number of hydrogen-bond acceptors (Lipinski definition) is 3. The standard InChI is InChI=1S/C18H37NO2/c1-4-5-6-7-10-16(3)19-13-17(20)14-21-18-11-8-9-15(2)12-18/h15-20H,4-14H2,1-3H3. The second kappa shape index (κ2) is 11.4. The van der Waals surface area contributed by atoms with Crippen LogP contribution in [-0.2, 0) is 4.74 Å². The number of aliphatic hydroxyl groups excluding tert-OH is 1. The van der Waals surface area contributed by atoms with E-state index in [9.17, 15) is 5.11 Å². The topological polar surface area (TPSA) is 41.5 Å². The second-order valence-electron chi connectivity index (χ2n) is 7.04. The van der Waals surface area contributed by atoms with Crippen LogP contribution in [-0.4, -0.2) is 36.5 Å². The van der Waals surface area contributed by atoms with Crippen molar-refractivity contribution in [2.24, 2.45) is 5.92 Å². The molecule has 0 aromatic rings. The molecule has 0 amide bonds. The van der Waals surface area contributed by atoms with Crippen LogP contribution in [0.1, 0.15) is 78.6 Å². The number of rotatable bonds is 11. The fourth-order valence-electron chi connectivity index (χ4n) is 3.15. The minimum absolute atomic E-state index is 0.370. The Balaban J connectivity index is 2.01. The highest BCUT2D eigenvalue weighted by molar-refractivity contribution is 4.72. The summed E-state index contributed by atoms with van der Waals surface area (Å²) in [6.07, 6.45) is 11.4. The Bertz CT molecular complexity index is 247. The molecule has 3 nitrogen and oxygen atoms in total. The third kappa shape index (κ3) is 9.49. The highest BCUT2D eigenvalue weighted by atomic mass is 16.5. The zero-order valence-electron chi connectivity index (χ0n) is 14.4. The summed E-state index contributed by atoms with van der Waals surface area (Å²) in [4.78, 5) is 0. The summed E-state index contributed by atoms with van der Waals surface area (Å²) in [5.74, 6) is 0.780. The van der Waals surface area contributed by atoms with E-state index in [4.69, 9.17) is 4.74 Å². The van der Waals surface area contributed by atoms with Gasteiger partial charge in [-0.25, -0.2) is 0 Å². The first kappa shape index (κ1) is 18.9. The molecule has 0 radical (unpaired) electrons. The molecular formula is C18H37NO2. The van der Waals surface area contributed by atoms with E-state index in [-0.39, 0.29) is 6.10 Å². The largest absolute Gasteiger partial charge is 0.389 e. The number of aliphatic hydroxyl groups is 1. The zero-order chi connectivity index (χ0) is 15.5. The van der Waals surface area contributed by atoms with Crippen molar-refractivity contribution in [3.8, 4) is 0 Å². The predicted octanol–water partition coefficient (Wildman–Crippen LogP) is 3.89. The Morgan fingerprint density at radius 1 is 1.24 bits per heavy atom. The molecule has 0 aliphatic heterocycles. The fraction of sp³-hybridized carbons (Fsp3) is 1.00. The minimum atomic E-state index is -0.375. The Kier molecular flexibility index (Phi) is 10.3. The van der Waals surface area contributed by atoms with Crippen molar-refractivity contribution in [1.82, 2.24) is 5.32 Å². The molecule has 0 heterocycles. The fourth-order valence-corrected chi connectivity index (χ4v) is 3.15. The maximum absolute atomic E-state index is 10.0. The molecule has 0 bridgehead atoms. The van der Waals surface area contributed by atoms with E-state index in [1.165, 1.54) is 44.9 Å². The van der Waals surface area contributed by atoms with E-state index in [2.05, 4.69) is 26.1 Å². The van der Waals surface area contributed by atoms with Gasteiger partial charge in [0.15, 0.2) is 0 Å².